The highest BCUT2D eigenvalue weighted by molar-refractivity contribution is 6.10. The number of carbonyl (C=O) groups is 1. The fourth-order valence-electron chi connectivity index (χ4n) is 2.85. The Labute approximate surface area is 153 Å². The minimum atomic E-state index is -0.168. The van der Waals surface area contributed by atoms with Gasteiger partial charge in [0.1, 0.15) is 5.75 Å². The highest BCUT2D eigenvalue weighted by Crippen LogP contribution is 2.25. The molecule has 136 valence electrons. The Bertz CT molecular complexity index is 857. The van der Waals surface area contributed by atoms with E-state index in [9.17, 15) is 4.79 Å². The molecule has 0 aliphatic carbocycles. The number of anilines is 1. The van der Waals surface area contributed by atoms with Crippen LogP contribution in [-0.2, 0) is 0 Å². The second kappa shape index (κ2) is 9.06. The number of rotatable bonds is 9. The smallest absolute Gasteiger partial charge is 0.259 e. The van der Waals surface area contributed by atoms with Crippen LogP contribution in [0.3, 0.4) is 0 Å². The summed E-state index contributed by atoms with van der Waals surface area (Å²) in [7, 11) is 0. The second-order valence-electron chi connectivity index (χ2n) is 6.15. The van der Waals surface area contributed by atoms with Crippen LogP contribution in [0.1, 0.15) is 30.1 Å². The topological polar surface area (TPSA) is 66.2 Å². The molecular formula is C21H25N3O2. The Kier molecular flexibility index (Phi) is 6.28. The Hall–Kier alpha value is -2.79. The highest BCUT2D eigenvalue weighted by Gasteiger charge is 2.13. The van der Waals surface area contributed by atoms with Crippen LogP contribution in [0.5, 0.6) is 5.75 Å². The molecule has 1 aromatic heterocycles. The fourth-order valence-corrected chi connectivity index (χ4v) is 2.85. The number of ether oxygens (including phenoxy) is 1. The fraction of sp³-hybridized carbons (Fsp3) is 0.286. The first kappa shape index (κ1) is 18.0. The van der Waals surface area contributed by atoms with E-state index < -0.39 is 0 Å². The lowest BCUT2D eigenvalue weighted by atomic mass is 10.1. The zero-order valence-corrected chi connectivity index (χ0v) is 15.0. The first-order valence-electron chi connectivity index (χ1n) is 9.09. The molecule has 0 saturated carbocycles. The molecule has 26 heavy (non-hydrogen) atoms. The van der Waals surface area contributed by atoms with Gasteiger partial charge >= 0.3 is 0 Å². The molecule has 2 aromatic carbocycles. The number of hydrogen-bond donors (Lipinski definition) is 3. The van der Waals surface area contributed by atoms with Gasteiger partial charge in [-0.05, 0) is 56.3 Å². The Morgan fingerprint density at radius 1 is 1.08 bits per heavy atom. The van der Waals surface area contributed by atoms with Crippen LogP contribution >= 0.6 is 0 Å². The van der Waals surface area contributed by atoms with Crippen molar-refractivity contribution in [1.82, 2.24) is 10.3 Å². The number of hydrogen-bond acceptors (Lipinski definition) is 3. The second-order valence-corrected chi connectivity index (χ2v) is 6.15. The third kappa shape index (κ3) is 4.43. The van der Waals surface area contributed by atoms with Crippen LogP contribution in [0, 0.1) is 0 Å². The van der Waals surface area contributed by atoms with Gasteiger partial charge in [0.25, 0.3) is 5.91 Å². The van der Waals surface area contributed by atoms with Gasteiger partial charge in [-0.3, -0.25) is 4.79 Å². The monoisotopic (exact) mass is 351 g/mol. The van der Waals surface area contributed by atoms with Gasteiger partial charge in [0, 0.05) is 17.1 Å². The van der Waals surface area contributed by atoms with Crippen molar-refractivity contribution in [2.45, 2.75) is 19.8 Å². The molecule has 0 bridgehead atoms. The van der Waals surface area contributed by atoms with Crippen LogP contribution < -0.4 is 15.4 Å². The van der Waals surface area contributed by atoms with Crippen molar-refractivity contribution in [3.8, 4) is 5.75 Å². The van der Waals surface area contributed by atoms with Crippen LogP contribution in [0.25, 0.3) is 10.9 Å². The number of H-pyrrole nitrogens is 1. The molecule has 0 saturated heterocycles. The first-order valence-corrected chi connectivity index (χ1v) is 9.09. The molecule has 0 unspecified atom stereocenters. The number of aromatic nitrogens is 1. The standard InChI is InChI=1S/C21H25N3O2/c1-2-12-22-13-6-15-26-20-10-4-3-7-17(20)21(25)24-19-9-5-8-18-16(19)11-14-23-18/h3-5,7-11,14,22-23H,2,6,12-13,15H2,1H3,(H,24,25). The third-order valence-electron chi connectivity index (χ3n) is 4.16. The van der Waals surface area contributed by atoms with Gasteiger partial charge in [-0.1, -0.05) is 25.1 Å². The number of amides is 1. The maximum atomic E-state index is 12.8. The number of nitrogens with one attached hydrogen (secondary N) is 3. The lowest BCUT2D eigenvalue weighted by Crippen LogP contribution is -2.18. The van der Waals surface area contributed by atoms with Crippen molar-refractivity contribution in [2.75, 3.05) is 25.0 Å². The quantitative estimate of drug-likeness (QED) is 0.507. The highest BCUT2D eigenvalue weighted by atomic mass is 16.5. The molecule has 5 heteroatoms. The van der Waals surface area contributed by atoms with Gasteiger partial charge in [-0.25, -0.2) is 0 Å². The Balaban J connectivity index is 1.65. The lowest BCUT2D eigenvalue weighted by molar-refractivity contribution is 0.102. The van der Waals surface area contributed by atoms with Crippen LogP contribution in [0.4, 0.5) is 5.69 Å². The van der Waals surface area contributed by atoms with Gasteiger partial charge in [0.2, 0.25) is 0 Å². The minimum absolute atomic E-state index is 0.168. The average molecular weight is 351 g/mol. The van der Waals surface area contributed by atoms with E-state index in [0.29, 0.717) is 17.9 Å². The number of benzene rings is 2. The minimum Gasteiger partial charge on any atom is -0.493 e. The average Bonchev–Trinajstić information content (AvgIpc) is 3.15. The summed E-state index contributed by atoms with van der Waals surface area (Å²) in [5.41, 5.74) is 2.32. The number of para-hydroxylation sites is 1. The molecular weight excluding hydrogens is 326 g/mol. The Morgan fingerprint density at radius 3 is 2.85 bits per heavy atom. The molecule has 1 heterocycles. The van der Waals surface area contributed by atoms with E-state index in [1.165, 1.54) is 0 Å². The van der Waals surface area contributed by atoms with Crippen LogP contribution in [0.2, 0.25) is 0 Å². The summed E-state index contributed by atoms with van der Waals surface area (Å²) in [6.45, 7) is 4.65. The molecule has 5 nitrogen and oxygen atoms in total. The summed E-state index contributed by atoms with van der Waals surface area (Å²) in [6.07, 6.45) is 3.89. The van der Waals surface area contributed by atoms with Gasteiger partial charge < -0.3 is 20.4 Å². The van der Waals surface area contributed by atoms with E-state index in [1.807, 2.05) is 48.7 Å². The maximum Gasteiger partial charge on any atom is 0.259 e. The van der Waals surface area contributed by atoms with Crippen molar-refractivity contribution in [2.24, 2.45) is 0 Å². The van der Waals surface area contributed by atoms with E-state index in [2.05, 4.69) is 22.5 Å². The summed E-state index contributed by atoms with van der Waals surface area (Å²) in [6, 6.07) is 15.1. The summed E-state index contributed by atoms with van der Waals surface area (Å²) in [5, 5.41) is 7.33. The molecule has 3 rings (SSSR count). The number of carbonyl (C=O) groups excluding carboxylic acids is 1. The van der Waals surface area contributed by atoms with E-state index in [1.54, 1.807) is 6.07 Å². The van der Waals surface area contributed by atoms with Crippen molar-refractivity contribution in [3.63, 3.8) is 0 Å². The molecule has 0 radical (unpaired) electrons. The molecule has 0 aliphatic rings. The number of fused-ring (bicyclic) bond motifs is 1. The molecule has 0 fully saturated rings. The SMILES string of the molecule is CCCNCCCOc1ccccc1C(=O)Nc1cccc2[nH]ccc12. The molecule has 0 spiro atoms. The van der Waals surface area contributed by atoms with Crippen LogP contribution in [0.15, 0.2) is 54.7 Å². The van der Waals surface area contributed by atoms with Crippen molar-refractivity contribution in [3.05, 3.63) is 60.3 Å². The summed E-state index contributed by atoms with van der Waals surface area (Å²) >= 11 is 0. The predicted octanol–water partition coefficient (Wildman–Crippen LogP) is 4.19. The largest absolute Gasteiger partial charge is 0.493 e. The van der Waals surface area contributed by atoms with E-state index in [4.69, 9.17) is 4.74 Å². The third-order valence-corrected chi connectivity index (χ3v) is 4.16. The van der Waals surface area contributed by atoms with E-state index >= 15 is 0 Å². The van der Waals surface area contributed by atoms with Gasteiger partial charge in [0.05, 0.1) is 17.9 Å². The first-order chi connectivity index (χ1) is 12.8. The van der Waals surface area contributed by atoms with E-state index in [-0.39, 0.29) is 5.91 Å². The normalized spacial score (nSPS) is 10.8. The molecule has 0 atom stereocenters. The zero-order chi connectivity index (χ0) is 18.2. The van der Waals surface area contributed by atoms with Gasteiger partial charge in [-0.15, -0.1) is 0 Å². The summed E-state index contributed by atoms with van der Waals surface area (Å²) in [4.78, 5) is 15.9. The van der Waals surface area contributed by atoms with Crippen molar-refractivity contribution < 1.29 is 9.53 Å². The molecule has 0 aliphatic heterocycles. The summed E-state index contributed by atoms with van der Waals surface area (Å²) in [5.74, 6) is 0.445. The van der Waals surface area contributed by atoms with Crippen molar-refractivity contribution >= 4 is 22.5 Å². The molecule has 3 aromatic rings. The number of aromatic amines is 1. The molecule has 1 amide bonds. The summed E-state index contributed by atoms with van der Waals surface area (Å²) < 4.78 is 5.84. The van der Waals surface area contributed by atoms with Crippen LogP contribution in [-0.4, -0.2) is 30.6 Å². The Morgan fingerprint density at radius 2 is 1.96 bits per heavy atom. The van der Waals surface area contributed by atoms with Gasteiger partial charge in [0.15, 0.2) is 0 Å². The van der Waals surface area contributed by atoms with Crippen molar-refractivity contribution in [1.29, 1.82) is 0 Å². The van der Waals surface area contributed by atoms with Gasteiger partial charge in [-0.2, -0.15) is 0 Å². The molecule has 3 N–H and O–H groups in total. The lowest BCUT2D eigenvalue weighted by Gasteiger charge is -2.12. The zero-order valence-electron chi connectivity index (χ0n) is 15.0. The van der Waals surface area contributed by atoms with E-state index in [0.717, 1.165) is 42.5 Å². The maximum absolute atomic E-state index is 12.8. The predicted molar refractivity (Wildman–Crippen MR) is 106 cm³/mol.